The van der Waals surface area contributed by atoms with Crippen molar-refractivity contribution in [1.29, 1.82) is 0 Å². The topological polar surface area (TPSA) is 52.6 Å². The van der Waals surface area contributed by atoms with Gasteiger partial charge in [0.15, 0.2) is 6.10 Å². The summed E-state index contributed by atoms with van der Waals surface area (Å²) in [7, 11) is 0. The third kappa shape index (κ3) is 3.49. The van der Waals surface area contributed by atoms with Gasteiger partial charge in [-0.05, 0) is 17.7 Å². The Bertz CT molecular complexity index is 525. The minimum atomic E-state index is -4.44. The highest BCUT2D eigenvalue weighted by Crippen LogP contribution is 2.29. The number of hydrogen-bond acceptors (Lipinski definition) is 4. The summed E-state index contributed by atoms with van der Waals surface area (Å²) in [4.78, 5) is 22.4. The van der Waals surface area contributed by atoms with Crippen LogP contribution in [0.5, 0.6) is 0 Å². The SMILES string of the molecule is O=C1CC[C@H](C(=O)OCc2cccc(C(F)(F)F)c2)O1. The second kappa shape index (κ2) is 5.52. The van der Waals surface area contributed by atoms with Crippen LogP contribution in [0.2, 0.25) is 0 Å². The summed E-state index contributed by atoms with van der Waals surface area (Å²) < 4.78 is 47.0. The first-order valence-electron chi connectivity index (χ1n) is 5.88. The number of rotatable bonds is 3. The first-order chi connectivity index (χ1) is 9.36. The number of carbonyl (C=O) groups is 2. The molecule has 0 N–H and O–H groups in total. The fourth-order valence-corrected chi connectivity index (χ4v) is 1.78. The number of carbonyl (C=O) groups excluding carboxylic acids is 2. The van der Waals surface area contributed by atoms with Crippen molar-refractivity contribution in [2.24, 2.45) is 0 Å². The van der Waals surface area contributed by atoms with Crippen LogP contribution in [0.25, 0.3) is 0 Å². The van der Waals surface area contributed by atoms with Crippen molar-refractivity contribution in [3.8, 4) is 0 Å². The standard InChI is InChI=1S/C13H11F3O4/c14-13(15,16)9-3-1-2-8(6-9)7-19-12(18)10-4-5-11(17)20-10/h1-3,6,10H,4-5,7H2/t10-/m1/s1. The lowest BCUT2D eigenvalue weighted by molar-refractivity contribution is -0.162. The van der Waals surface area contributed by atoms with Gasteiger partial charge in [0.05, 0.1) is 5.56 Å². The predicted octanol–water partition coefficient (Wildman–Crippen LogP) is 2.45. The number of esters is 2. The van der Waals surface area contributed by atoms with E-state index in [0.29, 0.717) is 0 Å². The predicted molar refractivity (Wildman–Crippen MR) is 60.4 cm³/mol. The number of alkyl halides is 3. The molecule has 0 radical (unpaired) electrons. The molecule has 7 heteroatoms. The minimum absolute atomic E-state index is 0.142. The van der Waals surface area contributed by atoms with Crippen LogP contribution in [0.1, 0.15) is 24.0 Å². The van der Waals surface area contributed by atoms with Gasteiger partial charge in [-0.1, -0.05) is 12.1 Å². The van der Waals surface area contributed by atoms with Crippen LogP contribution in [0.3, 0.4) is 0 Å². The maximum atomic E-state index is 12.5. The Morgan fingerprint density at radius 3 is 2.75 bits per heavy atom. The minimum Gasteiger partial charge on any atom is -0.458 e. The average molecular weight is 288 g/mol. The van der Waals surface area contributed by atoms with Gasteiger partial charge in [0.2, 0.25) is 0 Å². The molecule has 4 nitrogen and oxygen atoms in total. The number of halogens is 3. The largest absolute Gasteiger partial charge is 0.458 e. The quantitative estimate of drug-likeness (QED) is 0.802. The molecule has 0 aliphatic carbocycles. The summed E-state index contributed by atoms with van der Waals surface area (Å²) in [5.74, 6) is -1.22. The molecule has 0 saturated carbocycles. The summed E-state index contributed by atoms with van der Waals surface area (Å²) in [5.41, 5.74) is -0.587. The molecule has 1 aliphatic heterocycles. The highest BCUT2D eigenvalue weighted by atomic mass is 19.4. The zero-order valence-corrected chi connectivity index (χ0v) is 10.3. The van der Waals surface area contributed by atoms with Gasteiger partial charge in [0.1, 0.15) is 6.61 Å². The lowest BCUT2D eigenvalue weighted by Crippen LogP contribution is -2.22. The third-order valence-corrected chi connectivity index (χ3v) is 2.78. The molecule has 2 rings (SSSR count). The lowest BCUT2D eigenvalue weighted by Gasteiger charge is -2.11. The highest BCUT2D eigenvalue weighted by Gasteiger charge is 2.32. The van der Waals surface area contributed by atoms with E-state index in [1.165, 1.54) is 12.1 Å². The molecule has 108 valence electrons. The van der Waals surface area contributed by atoms with Crippen molar-refractivity contribution in [2.75, 3.05) is 0 Å². The normalized spacial score (nSPS) is 18.8. The molecule has 1 aromatic rings. The number of benzene rings is 1. The number of ether oxygens (including phenoxy) is 2. The first kappa shape index (κ1) is 14.4. The van der Waals surface area contributed by atoms with E-state index in [0.717, 1.165) is 12.1 Å². The van der Waals surface area contributed by atoms with Crippen LogP contribution in [0.15, 0.2) is 24.3 Å². The van der Waals surface area contributed by atoms with Crippen molar-refractivity contribution in [1.82, 2.24) is 0 Å². The molecule has 1 atom stereocenters. The summed E-state index contributed by atoms with van der Waals surface area (Å²) in [6.07, 6.45) is -5.02. The van der Waals surface area contributed by atoms with E-state index in [1.807, 2.05) is 0 Å². The molecule has 1 aromatic carbocycles. The van der Waals surface area contributed by atoms with Gasteiger partial charge in [-0.2, -0.15) is 13.2 Å². The van der Waals surface area contributed by atoms with Crippen molar-refractivity contribution in [2.45, 2.75) is 31.7 Å². The van der Waals surface area contributed by atoms with Crippen LogP contribution in [-0.2, 0) is 31.8 Å². The van der Waals surface area contributed by atoms with Gasteiger partial charge >= 0.3 is 18.1 Å². The average Bonchev–Trinajstić information content (AvgIpc) is 2.82. The zero-order chi connectivity index (χ0) is 14.8. The molecular weight excluding hydrogens is 277 g/mol. The molecule has 0 aromatic heterocycles. The van der Waals surface area contributed by atoms with E-state index in [4.69, 9.17) is 9.47 Å². The van der Waals surface area contributed by atoms with Crippen LogP contribution < -0.4 is 0 Å². The Balaban J connectivity index is 1.94. The summed E-state index contributed by atoms with van der Waals surface area (Å²) >= 11 is 0. The Kier molecular flexibility index (Phi) is 3.96. The van der Waals surface area contributed by atoms with Crippen molar-refractivity contribution in [3.63, 3.8) is 0 Å². The molecule has 1 heterocycles. The smallest absolute Gasteiger partial charge is 0.416 e. The fraction of sp³-hybridized carbons (Fsp3) is 0.385. The van der Waals surface area contributed by atoms with Gasteiger partial charge in [-0.3, -0.25) is 4.79 Å². The van der Waals surface area contributed by atoms with Gasteiger partial charge < -0.3 is 9.47 Å². The van der Waals surface area contributed by atoms with Gasteiger partial charge in [0.25, 0.3) is 0 Å². The molecule has 0 bridgehead atoms. The second-order valence-electron chi connectivity index (χ2n) is 4.32. The first-order valence-corrected chi connectivity index (χ1v) is 5.88. The Labute approximate surface area is 112 Å². The van der Waals surface area contributed by atoms with Crippen molar-refractivity contribution in [3.05, 3.63) is 35.4 Å². The van der Waals surface area contributed by atoms with Crippen LogP contribution >= 0.6 is 0 Å². The van der Waals surface area contributed by atoms with E-state index in [-0.39, 0.29) is 25.0 Å². The molecule has 1 fully saturated rings. The van der Waals surface area contributed by atoms with Gasteiger partial charge in [0, 0.05) is 12.8 Å². The maximum absolute atomic E-state index is 12.5. The third-order valence-electron chi connectivity index (χ3n) is 2.78. The summed E-state index contributed by atoms with van der Waals surface area (Å²) in [5, 5.41) is 0. The molecule has 0 spiro atoms. The fourth-order valence-electron chi connectivity index (χ4n) is 1.78. The Morgan fingerprint density at radius 2 is 2.15 bits per heavy atom. The van der Waals surface area contributed by atoms with Crippen molar-refractivity contribution >= 4 is 11.9 Å². The molecule has 1 aliphatic rings. The molecule has 0 amide bonds. The van der Waals surface area contributed by atoms with E-state index >= 15 is 0 Å². The van der Waals surface area contributed by atoms with Crippen molar-refractivity contribution < 1.29 is 32.2 Å². The highest BCUT2D eigenvalue weighted by molar-refractivity contribution is 5.82. The van der Waals surface area contributed by atoms with Crippen LogP contribution in [0, 0.1) is 0 Å². The zero-order valence-electron chi connectivity index (χ0n) is 10.3. The number of hydrogen-bond donors (Lipinski definition) is 0. The molecule has 0 unspecified atom stereocenters. The van der Waals surface area contributed by atoms with Crippen LogP contribution in [0.4, 0.5) is 13.2 Å². The van der Waals surface area contributed by atoms with E-state index in [9.17, 15) is 22.8 Å². The summed E-state index contributed by atoms with van der Waals surface area (Å²) in [6.45, 7) is -0.295. The second-order valence-corrected chi connectivity index (χ2v) is 4.32. The summed E-state index contributed by atoms with van der Waals surface area (Å²) in [6, 6.07) is 4.50. The molecule has 20 heavy (non-hydrogen) atoms. The molecule has 1 saturated heterocycles. The Morgan fingerprint density at radius 1 is 1.40 bits per heavy atom. The van der Waals surface area contributed by atoms with Crippen LogP contribution in [-0.4, -0.2) is 18.0 Å². The molecular formula is C13H11F3O4. The van der Waals surface area contributed by atoms with E-state index < -0.39 is 29.8 Å². The lowest BCUT2D eigenvalue weighted by atomic mass is 10.1. The number of cyclic esters (lactones) is 1. The van der Waals surface area contributed by atoms with E-state index in [1.54, 1.807) is 0 Å². The Hall–Kier alpha value is -2.05. The monoisotopic (exact) mass is 288 g/mol. The maximum Gasteiger partial charge on any atom is 0.416 e. The van der Waals surface area contributed by atoms with E-state index in [2.05, 4.69) is 0 Å². The van der Waals surface area contributed by atoms with Gasteiger partial charge in [-0.25, -0.2) is 4.79 Å². The van der Waals surface area contributed by atoms with Gasteiger partial charge in [-0.15, -0.1) is 0 Å².